The summed E-state index contributed by atoms with van der Waals surface area (Å²) in [5, 5.41) is 3.00. The van der Waals surface area contributed by atoms with Crippen molar-refractivity contribution in [3.63, 3.8) is 0 Å². The van der Waals surface area contributed by atoms with Gasteiger partial charge in [-0.25, -0.2) is 0 Å². The van der Waals surface area contributed by atoms with E-state index in [0.717, 1.165) is 11.4 Å². The fourth-order valence-electron chi connectivity index (χ4n) is 2.18. The van der Waals surface area contributed by atoms with E-state index in [1.54, 1.807) is 0 Å². The van der Waals surface area contributed by atoms with Gasteiger partial charge in [0, 0.05) is 18.7 Å². The van der Waals surface area contributed by atoms with Gasteiger partial charge >= 0.3 is 0 Å². The Morgan fingerprint density at radius 2 is 0.966 bits per heavy atom. The van der Waals surface area contributed by atoms with Crippen molar-refractivity contribution in [2.24, 2.45) is 0 Å². The topological polar surface area (TPSA) is 105 Å². The van der Waals surface area contributed by atoms with Crippen molar-refractivity contribution in [3.8, 4) is 0 Å². The fraction of sp³-hybridized carbons (Fsp3) is 0.789. The second-order valence-corrected chi connectivity index (χ2v) is 5.94. The average Bonchev–Trinajstić information content (AvgIpc) is 3.04. The minimum absolute atomic E-state index is 0.253. The first-order valence-electron chi connectivity index (χ1n) is 9.90. The molecule has 1 rings (SSSR count). The van der Waals surface area contributed by atoms with Crippen LogP contribution in [0.5, 0.6) is 0 Å². The molecule has 0 aromatic heterocycles. The Morgan fingerprint density at radius 3 is 1.34 bits per heavy atom. The standard InChI is InChI=1S/C19H34N2O8/c1-20-4-6-24-8-10-26-12-14-28-16-17-29-15-13-27-11-9-25-7-5-21-18(22)2-3-19(21)23/h2-3,20H,4-17H2,1H3. The molecule has 0 atom stereocenters. The number of ether oxygens (including phenoxy) is 6. The van der Waals surface area contributed by atoms with Crippen LogP contribution in [-0.4, -0.2) is 116 Å². The molecule has 10 heteroatoms. The third kappa shape index (κ3) is 14.3. The summed E-state index contributed by atoms with van der Waals surface area (Å²) >= 11 is 0. The van der Waals surface area contributed by atoms with Crippen molar-refractivity contribution in [3.05, 3.63) is 12.2 Å². The van der Waals surface area contributed by atoms with Crippen molar-refractivity contribution >= 4 is 11.8 Å². The third-order valence-electron chi connectivity index (χ3n) is 3.72. The van der Waals surface area contributed by atoms with Gasteiger partial charge in [-0.15, -0.1) is 0 Å². The first kappa shape index (κ1) is 25.6. The lowest BCUT2D eigenvalue weighted by Crippen LogP contribution is -2.33. The highest BCUT2D eigenvalue weighted by molar-refractivity contribution is 6.12. The first-order valence-corrected chi connectivity index (χ1v) is 9.90. The molecule has 1 N–H and O–H groups in total. The highest BCUT2D eigenvalue weighted by Gasteiger charge is 2.22. The van der Waals surface area contributed by atoms with E-state index in [4.69, 9.17) is 28.4 Å². The van der Waals surface area contributed by atoms with Gasteiger partial charge in [-0.1, -0.05) is 0 Å². The molecule has 0 fully saturated rings. The van der Waals surface area contributed by atoms with Crippen LogP contribution in [0.25, 0.3) is 0 Å². The number of nitrogens with zero attached hydrogens (tertiary/aromatic N) is 1. The molecule has 0 radical (unpaired) electrons. The van der Waals surface area contributed by atoms with Gasteiger partial charge in [0.05, 0.1) is 85.8 Å². The van der Waals surface area contributed by atoms with Crippen LogP contribution in [0.4, 0.5) is 0 Å². The zero-order chi connectivity index (χ0) is 21.0. The lowest BCUT2D eigenvalue weighted by atomic mass is 10.5. The van der Waals surface area contributed by atoms with E-state index in [2.05, 4.69) is 5.32 Å². The molecule has 2 amide bonds. The average molecular weight is 418 g/mol. The van der Waals surface area contributed by atoms with Gasteiger partial charge in [0.1, 0.15) is 0 Å². The SMILES string of the molecule is CNCCOCCOCCOCCOCCOCCOCCN1C(=O)C=CC1=O. The molecular weight excluding hydrogens is 384 g/mol. The van der Waals surface area contributed by atoms with Gasteiger partial charge in [-0.2, -0.15) is 0 Å². The molecule has 168 valence electrons. The second kappa shape index (κ2) is 18.6. The molecule has 29 heavy (non-hydrogen) atoms. The van der Waals surface area contributed by atoms with Gasteiger partial charge in [-0.3, -0.25) is 14.5 Å². The quantitative estimate of drug-likeness (QED) is 0.190. The molecule has 0 saturated heterocycles. The van der Waals surface area contributed by atoms with Gasteiger partial charge < -0.3 is 33.7 Å². The molecule has 10 nitrogen and oxygen atoms in total. The summed E-state index contributed by atoms with van der Waals surface area (Å²) in [4.78, 5) is 23.8. The number of amides is 2. The molecular formula is C19H34N2O8. The Balaban J connectivity index is 1.69. The minimum atomic E-state index is -0.297. The monoisotopic (exact) mass is 418 g/mol. The molecule has 0 spiro atoms. The number of imide groups is 1. The van der Waals surface area contributed by atoms with Gasteiger partial charge in [0.2, 0.25) is 0 Å². The molecule has 0 unspecified atom stereocenters. The second-order valence-electron chi connectivity index (χ2n) is 5.94. The van der Waals surface area contributed by atoms with Crippen LogP contribution in [0.15, 0.2) is 12.2 Å². The Morgan fingerprint density at radius 1 is 0.621 bits per heavy atom. The summed E-state index contributed by atoms with van der Waals surface area (Å²) in [7, 11) is 1.89. The summed E-state index contributed by atoms with van der Waals surface area (Å²) in [6.07, 6.45) is 2.52. The van der Waals surface area contributed by atoms with Crippen molar-refractivity contribution in [2.75, 3.05) is 99.4 Å². The lowest BCUT2D eigenvalue weighted by molar-refractivity contribution is -0.137. The van der Waals surface area contributed by atoms with E-state index < -0.39 is 0 Å². The van der Waals surface area contributed by atoms with Crippen LogP contribution in [0, 0.1) is 0 Å². The van der Waals surface area contributed by atoms with E-state index in [-0.39, 0.29) is 18.4 Å². The van der Waals surface area contributed by atoms with E-state index in [1.807, 2.05) is 7.05 Å². The van der Waals surface area contributed by atoms with Gasteiger partial charge in [0.15, 0.2) is 0 Å². The maximum absolute atomic E-state index is 11.3. The van der Waals surface area contributed by atoms with Crippen LogP contribution in [0.1, 0.15) is 0 Å². The zero-order valence-electron chi connectivity index (χ0n) is 17.3. The normalized spacial score (nSPS) is 13.8. The molecule has 1 heterocycles. The first-order chi connectivity index (χ1) is 14.3. The number of hydrogen-bond acceptors (Lipinski definition) is 9. The summed E-state index contributed by atoms with van der Waals surface area (Å²) in [5.74, 6) is -0.595. The fourth-order valence-corrected chi connectivity index (χ4v) is 2.18. The minimum Gasteiger partial charge on any atom is -0.378 e. The highest BCUT2D eigenvalue weighted by atomic mass is 16.6. The third-order valence-corrected chi connectivity index (χ3v) is 3.72. The van der Waals surface area contributed by atoms with E-state index in [0.29, 0.717) is 79.3 Å². The molecule has 0 aromatic rings. The molecule has 1 aliphatic rings. The molecule has 0 saturated carbocycles. The lowest BCUT2D eigenvalue weighted by Gasteiger charge is -2.13. The Hall–Kier alpha value is -1.40. The molecule has 1 aliphatic heterocycles. The smallest absolute Gasteiger partial charge is 0.253 e. The Labute approximate surface area is 172 Å². The van der Waals surface area contributed by atoms with E-state index in [9.17, 15) is 9.59 Å². The summed E-state index contributed by atoms with van der Waals surface area (Å²) in [5.41, 5.74) is 0. The predicted molar refractivity (Wildman–Crippen MR) is 105 cm³/mol. The van der Waals surface area contributed by atoms with E-state index in [1.165, 1.54) is 12.2 Å². The van der Waals surface area contributed by atoms with Crippen LogP contribution in [0.2, 0.25) is 0 Å². The summed E-state index contributed by atoms with van der Waals surface area (Å²) < 4.78 is 32.2. The number of rotatable bonds is 21. The predicted octanol–water partition coefficient (Wildman–Crippen LogP) is -0.770. The molecule has 0 bridgehead atoms. The Bertz CT molecular complexity index is 443. The maximum atomic E-state index is 11.3. The van der Waals surface area contributed by atoms with Crippen LogP contribution in [0.3, 0.4) is 0 Å². The number of carbonyl (C=O) groups is 2. The van der Waals surface area contributed by atoms with Crippen molar-refractivity contribution < 1.29 is 38.0 Å². The Kier molecular flexibility index (Phi) is 16.5. The zero-order valence-corrected chi connectivity index (χ0v) is 17.3. The summed E-state index contributed by atoms with van der Waals surface area (Å²) in [6, 6.07) is 0. The molecule has 0 aromatic carbocycles. The van der Waals surface area contributed by atoms with E-state index >= 15 is 0 Å². The number of likely N-dealkylation sites (N-methyl/N-ethyl adjacent to an activating group) is 1. The maximum Gasteiger partial charge on any atom is 0.253 e. The largest absolute Gasteiger partial charge is 0.378 e. The van der Waals surface area contributed by atoms with Crippen LogP contribution < -0.4 is 5.32 Å². The van der Waals surface area contributed by atoms with Crippen molar-refractivity contribution in [1.82, 2.24) is 10.2 Å². The van der Waals surface area contributed by atoms with Crippen LogP contribution >= 0.6 is 0 Å². The number of hydrogen-bond donors (Lipinski definition) is 1. The highest BCUT2D eigenvalue weighted by Crippen LogP contribution is 2.02. The van der Waals surface area contributed by atoms with Gasteiger partial charge in [-0.05, 0) is 7.05 Å². The summed E-state index contributed by atoms with van der Waals surface area (Å²) in [6.45, 7) is 7.06. The number of carbonyl (C=O) groups excluding carboxylic acids is 2. The molecule has 0 aliphatic carbocycles. The van der Waals surface area contributed by atoms with Crippen molar-refractivity contribution in [1.29, 1.82) is 0 Å². The van der Waals surface area contributed by atoms with Crippen molar-refractivity contribution in [2.45, 2.75) is 0 Å². The number of nitrogens with one attached hydrogen (secondary N) is 1. The van der Waals surface area contributed by atoms with Crippen LogP contribution in [-0.2, 0) is 38.0 Å². The van der Waals surface area contributed by atoms with Gasteiger partial charge in [0.25, 0.3) is 11.8 Å².